The van der Waals surface area contributed by atoms with Gasteiger partial charge in [-0.15, -0.1) is 24.8 Å². The fourth-order valence-electron chi connectivity index (χ4n) is 3.31. The summed E-state index contributed by atoms with van der Waals surface area (Å²) in [6.45, 7) is 7.81. The van der Waals surface area contributed by atoms with E-state index in [0.717, 1.165) is 54.6 Å². The first-order valence-corrected chi connectivity index (χ1v) is 8.03. The molecule has 3 heterocycles. The molecule has 1 N–H and O–H groups in total. The molecule has 1 unspecified atom stereocenters. The van der Waals surface area contributed by atoms with Gasteiger partial charge >= 0.3 is 0 Å². The molecule has 0 spiro atoms. The normalized spacial score (nSPS) is 17.5. The molecular formula is C17H27Cl2N5O. The van der Waals surface area contributed by atoms with E-state index in [4.69, 9.17) is 4.74 Å². The number of imidazole rings is 1. The van der Waals surface area contributed by atoms with Crippen molar-refractivity contribution in [2.24, 2.45) is 7.05 Å². The molecule has 140 valence electrons. The van der Waals surface area contributed by atoms with Gasteiger partial charge in [-0.3, -0.25) is 9.88 Å². The first-order chi connectivity index (χ1) is 11.1. The molecule has 1 fully saturated rings. The Labute approximate surface area is 161 Å². The zero-order valence-corrected chi connectivity index (χ0v) is 16.8. The average molecular weight is 388 g/mol. The van der Waals surface area contributed by atoms with Gasteiger partial charge in [-0.1, -0.05) is 0 Å². The van der Waals surface area contributed by atoms with E-state index in [1.54, 1.807) is 7.11 Å². The minimum absolute atomic E-state index is 0. The summed E-state index contributed by atoms with van der Waals surface area (Å²) in [6, 6.07) is 0.261. The summed E-state index contributed by atoms with van der Waals surface area (Å²) in [5.74, 6) is 2.03. The fourth-order valence-corrected chi connectivity index (χ4v) is 3.31. The van der Waals surface area contributed by atoms with Gasteiger partial charge in [0, 0.05) is 62.9 Å². The Bertz CT molecular complexity index is 692. The van der Waals surface area contributed by atoms with Crippen LogP contribution in [0.1, 0.15) is 28.7 Å². The van der Waals surface area contributed by atoms with Crippen LogP contribution in [0.3, 0.4) is 0 Å². The van der Waals surface area contributed by atoms with E-state index in [1.807, 2.05) is 32.6 Å². The standard InChI is InChI=1S/C17H25N5O.2ClH/c1-12-9-20-14(13(2)16(12)23-4)11-22-8-5-18-10-15(22)17-19-6-7-21(17)3;;/h6-7,9,15,18H,5,8,10-11H2,1-4H3;2*1H. The topological polar surface area (TPSA) is 55.2 Å². The Balaban J connectivity index is 0.00000156. The second-order valence-corrected chi connectivity index (χ2v) is 6.13. The lowest BCUT2D eigenvalue weighted by molar-refractivity contribution is 0.142. The van der Waals surface area contributed by atoms with Crippen LogP contribution in [0.5, 0.6) is 5.75 Å². The van der Waals surface area contributed by atoms with Crippen LogP contribution in [0.25, 0.3) is 0 Å². The molecule has 0 aromatic carbocycles. The highest BCUT2D eigenvalue weighted by molar-refractivity contribution is 5.85. The largest absolute Gasteiger partial charge is 0.496 e. The van der Waals surface area contributed by atoms with Gasteiger partial charge in [-0.05, 0) is 13.8 Å². The van der Waals surface area contributed by atoms with Crippen molar-refractivity contribution in [2.45, 2.75) is 26.4 Å². The van der Waals surface area contributed by atoms with Crippen molar-refractivity contribution < 1.29 is 4.74 Å². The molecule has 2 aromatic heterocycles. The van der Waals surface area contributed by atoms with E-state index < -0.39 is 0 Å². The number of nitrogens with zero attached hydrogens (tertiary/aromatic N) is 4. The number of hydrogen-bond acceptors (Lipinski definition) is 5. The highest BCUT2D eigenvalue weighted by Crippen LogP contribution is 2.27. The maximum Gasteiger partial charge on any atom is 0.128 e. The summed E-state index contributed by atoms with van der Waals surface area (Å²) in [4.78, 5) is 11.6. The van der Waals surface area contributed by atoms with E-state index in [0.29, 0.717) is 0 Å². The summed E-state index contributed by atoms with van der Waals surface area (Å²) >= 11 is 0. The lowest BCUT2D eigenvalue weighted by atomic mass is 10.1. The van der Waals surface area contributed by atoms with Crippen LogP contribution in [0, 0.1) is 13.8 Å². The number of nitrogens with one attached hydrogen (secondary N) is 1. The third kappa shape index (κ3) is 4.44. The molecule has 1 saturated heterocycles. The molecule has 0 radical (unpaired) electrons. The number of ether oxygens (including phenoxy) is 1. The van der Waals surface area contributed by atoms with Crippen LogP contribution in [-0.2, 0) is 13.6 Å². The molecule has 1 atom stereocenters. The molecule has 1 aliphatic rings. The fraction of sp³-hybridized carbons (Fsp3) is 0.529. The van der Waals surface area contributed by atoms with Gasteiger partial charge in [0.1, 0.15) is 11.6 Å². The molecule has 1 aliphatic heterocycles. The Hall–Kier alpha value is -1.34. The van der Waals surface area contributed by atoms with Gasteiger partial charge in [0.2, 0.25) is 0 Å². The molecular weight excluding hydrogens is 361 g/mol. The van der Waals surface area contributed by atoms with Crippen molar-refractivity contribution >= 4 is 24.8 Å². The van der Waals surface area contributed by atoms with Crippen LogP contribution < -0.4 is 10.1 Å². The van der Waals surface area contributed by atoms with Crippen LogP contribution in [0.2, 0.25) is 0 Å². The van der Waals surface area contributed by atoms with Crippen molar-refractivity contribution in [1.29, 1.82) is 0 Å². The zero-order valence-electron chi connectivity index (χ0n) is 15.2. The van der Waals surface area contributed by atoms with Crippen molar-refractivity contribution in [3.05, 3.63) is 41.2 Å². The zero-order chi connectivity index (χ0) is 16.4. The van der Waals surface area contributed by atoms with E-state index in [9.17, 15) is 0 Å². The van der Waals surface area contributed by atoms with E-state index in [2.05, 4.69) is 31.7 Å². The van der Waals surface area contributed by atoms with Crippen LogP contribution >= 0.6 is 24.8 Å². The summed E-state index contributed by atoms with van der Waals surface area (Å²) in [7, 11) is 3.77. The molecule has 0 saturated carbocycles. The minimum Gasteiger partial charge on any atom is -0.496 e. The maximum atomic E-state index is 5.54. The number of halogens is 2. The third-order valence-corrected chi connectivity index (χ3v) is 4.61. The number of aromatic nitrogens is 3. The molecule has 3 rings (SSSR count). The number of piperazine rings is 1. The number of pyridine rings is 1. The second kappa shape index (κ2) is 9.38. The molecule has 0 bridgehead atoms. The molecule has 8 heteroatoms. The lowest BCUT2D eigenvalue weighted by Crippen LogP contribution is -2.46. The van der Waals surface area contributed by atoms with Gasteiger partial charge in [0.15, 0.2) is 0 Å². The van der Waals surface area contributed by atoms with Crippen molar-refractivity contribution in [1.82, 2.24) is 24.8 Å². The first-order valence-electron chi connectivity index (χ1n) is 8.03. The van der Waals surface area contributed by atoms with Gasteiger partial charge < -0.3 is 14.6 Å². The third-order valence-electron chi connectivity index (χ3n) is 4.61. The second-order valence-electron chi connectivity index (χ2n) is 6.13. The Morgan fingerprint density at radius 1 is 1.28 bits per heavy atom. The first kappa shape index (κ1) is 21.7. The summed E-state index contributed by atoms with van der Waals surface area (Å²) < 4.78 is 7.63. The van der Waals surface area contributed by atoms with Crippen LogP contribution in [0.15, 0.2) is 18.6 Å². The average Bonchev–Trinajstić information content (AvgIpc) is 2.97. The van der Waals surface area contributed by atoms with Crippen molar-refractivity contribution in [2.75, 3.05) is 26.7 Å². The smallest absolute Gasteiger partial charge is 0.128 e. The molecule has 6 nitrogen and oxygen atoms in total. The van der Waals surface area contributed by atoms with Gasteiger partial charge in [0.25, 0.3) is 0 Å². The summed E-state index contributed by atoms with van der Waals surface area (Å²) in [5.41, 5.74) is 3.29. The Morgan fingerprint density at radius 2 is 2.04 bits per heavy atom. The summed E-state index contributed by atoms with van der Waals surface area (Å²) in [6.07, 6.45) is 5.76. The number of rotatable bonds is 4. The Kier molecular flexibility index (Phi) is 8.15. The van der Waals surface area contributed by atoms with Crippen molar-refractivity contribution in [3.63, 3.8) is 0 Å². The molecule has 0 aliphatic carbocycles. The van der Waals surface area contributed by atoms with Crippen molar-refractivity contribution in [3.8, 4) is 5.75 Å². The van der Waals surface area contributed by atoms with E-state index in [-0.39, 0.29) is 30.9 Å². The van der Waals surface area contributed by atoms with Gasteiger partial charge in [-0.25, -0.2) is 4.98 Å². The monoisotopic (exact) mass is 387 g/mol. The van der Waals surface area contributed by atoms with E-state index in [1.165, 1.54) is 0 Å². The lowest BCUT2D eigenvalue weighted by Gasteiger charge is -2.35. The summed E-state index contributed by atoms with van der Waals surface area (Å²) in [5, 5.41) is 3.47. The van der Waals surface area contributed by atoms with Crippen LogP contribution in [0.4, 0.5) is 0 Å². The van der Waals surface area contributed by atoms with Gasteiger partial charge in [-0.2, -0.15) is 0 Å². The quantitative estimate of drug-likeness (QED) is 0.872. The Morgan fingerprint density at radius 3 is 2.68 bits per heavy atom. The number of hydrogen-bond donors (Lipinski definition) is 1. The maximum absolute atomic E-state index is 5.54. The highest BCUT2D eigenvalue weighted by atomic mass is 35.5. The highest BCUT2D eigenvalue weighted by Gasteiger charge is 2.27. The minimum atomic E-state index is 0. The van der Waals surface area contributed by atoms with Crippen LogP contribution in [-0.4, -0.2) is 46.2 Å². The number of aryl methyl sites for hydroxylation is 2. The number of methoxy groups -OCH3 is 1. The van der Waals surface area contributed by atoms with Gasteiger partial charge in [0.05, 0.1) is 18.8 Å². The van der Waals surface area contributed by atoms with E-state index >= 15 is 0 Å². The predicted octanol–water partition coefficient (Wildman–Crippen LogP) is 2.43. The predicted molar refractivity (Wildman–Crippen MR) is 104 cm³/mol. The molecule has 25 heavy (non-hydrogen) atoms. The molecule has 0 amide bonds. The SMILES string of the molecule is COc1c(C)cnc(CN2CCNCC2c2nccn2C)c1C.Cl.Cl. The molecule has 2 aromatic rings.